The number of nitrogens with zero attached hydrogens (tertiary/aromatic N) is 3. The maximum absolute atomic E-state index is 15.4. The van der Waals surface area contributed by atoms with Crippen LogP contribution in [0.5, 0.6) is 0 Å². The Labute approximate surface area is 202 Å². The lowest BCUT2D eigenvalue weighted by Crippen LogP contribution is -2.44. The normalized spacial score (nSPS) is 17.5. The summed E-state index contributed by atoms with van der Waals surface area (Å²) in [6.45, 7) is 4.51. The van der Waals surface area contributed by atoms with Crippen molar-refractivity contribution in [2.24, 2.45) is 5.92 Å². The Kier molecular flexibility index (Phi) is 5.08. The van der Waals surface area contributed by atoms with Gasteiger partial charge in [-0.05, 0) is 17.5 Å². The van der Waals surface area contributed by atoms with Crippen LogP contribution in [0, 0.1) is 5.92 Å². The third-order valence-corrected chi connectivity index (χ3v) is 6.69. The highest BCUT2D eigenvalue weighted by molar-refractivity contribution is 5.80. The quantitative estimate of drug-likeness (QED) is 0.289. The monoisotopic (exact) mass is 501 g/mol. The largest absolute Gasteiger partial charge is 0.422 e. The van der Waals surface area contributed by atoms with Gasteiger partial charge in [0.1, 0.15) is 11.3 Å². The summed E-state index contributed by atoms with van der Waals surface area (Å²) in [7, 11) is 0. The second-order valence-corrected chi connectivity index (χ2v) is 9.50. The third-order valence-electron chi connectivity index (χ3n) is 6.69. The van der Waals surface area contributed by atoms with Crippen molar-refractivity contribution in [1.82, 2.24) is 15.2 Å². The van der Waals surface area contributed by atoms with Crippen molar-refractivity contribution in [1.29, 1.82) is 0 Å². The van der Waals surface area contributed by atoms with Gasteiger partial charge in [0.05, 0.1) is 0 Å². The molecule has 2 aromatic carbocycles. The van der Waals surface area contributed by atoms with E-state index >= 15 is 8.78 Å². The number of benzene rings is 2. The van der Waals surface area contributed by atoms with E-state index < -0.39 is 41.3 Å². The van der Waals surface area contributed by atoms with Crippen LogP contribution in [-0.2, 0) is 25.1 Å². The van der Waals surface area contributed by atoms with E-state index in [2.05, 4.69) is 22.1 Å². The molecule has 5 nitrogen and oxygen atoms in total. The van der Waals surface area contributed by atoms with Gasteiger partial charge in [-0.15, -0.1) is 0 Å². The minimum absolute atomic E-state index is 0.0902. The predicted molar refractivity (Wildman–Crippen MR) is 120 cm³/mol. The Morgan fingerprint density at radius 2 is 1.67 bits per heavy atom. The van der Waals surface area contributed by atoms with Crippen LogP contribution in [0.15, 0.2) is 57.6 Å². The number of halogens is 5. The molecule has 36 heavy (non-hydrogen) atoms. The van der Waals surface area contributed by atoms with Crippen LogP contribution in [0.25, 0.3) is 34.0 Å². The second kappa shape index (κ2) is 7.99. The van der Waals surface area contributed by atoms with Crippen LogP contribution in [-0.4, -0.2) is 28.3 Å². The minimum atomic E-state index is -4.88. The van der Waals surface area contributed by atoms with Gasteiger partial charge in [-0.1, -0.05) is 59.7 Å². The molecule has 0 radical (unpaired) electrons. The zero-order valence-corrected chi connectivity index (χ0v) is 19.1. The number of rotatable bonds is 4. The zero-order valence-electron chi connectivity index (χ0n) is 19.1. The van der Waals surface area contributed by atoms with E-state index in [4.69, 9.17) is 9.05 Å². The molecule has 1 aliphatic heterocycles. The van der Waals surface area contributed by atoms with Crippen LogP contribution in [0.1, 0.15) is 29.2 Å². The number of aromatic nitrogens is 2. The molecule has 1 saturated heterocycles. The Balaban J connectivity index is 1.44. The Morgan fingerprint density at radius 1 is 0.972 bits per heavy atom. The van der Waals surface area contributed by atoms with Gasteiger partial charge in [-0.3, -0.25) is 4.90 Å². The highest BCUT2D eigenvalue weighted by atomic mass is 19.4. The fraction of sp³-hybridized carbons (Fsp3) is 0.308. The Morgan fingerprint density at radius 3 is 2.36 bits per heavy atom. The topological polar surface area (TPSA) is 55.3 Å². The van der Waals surface area contributed by atoms with E-state index in [-0.39, 0.29) is 27.9 Å². The fourth-order valence-corrected chi connectivity index (χ4v) is 5.10. The number of fused-ring (bicyclic) bond motifs is 3. The summed E-state index contributed by atoms with van der Waals surface area (Å²) in [5.74, 6) is -3.73. The molecule has 0 saturated carbocycles. The van der Waals surface area contributed by atoms with Crippen molar-refractivity contribution >= 4 is 0 Å². The molecule has 0 unspecified atom stereocenters. The van der Waals surface area contributed by atoms with E-state index in [0.29, 0.717) is 12.5 Å². The molecule has 1 aliphatic carbocycles. The summed E-state index contributed by atoms with van der Waals surface area (Å²) in [6.07, 6.45) is -5.73. The molecule has 4 aromatic rings. The molecule has 0 amide bonds. The van der Waals surface area contributed by atoms with Gasteiger partial charge in [-0.25, -0.2) is 8.78 Å². The highest BCUT2D eigenvalue weighted by Gasteiger charge is 2.47. The van der Waals surface area contributed by atoms with Crippen LogP contribution in [0.4, 0.5) is 22.0 Å². The highest BCUT2D eigenvalue weighted by Crippen LogP contribution is 2.50. The van der Waals surface area contributed by atoms with Crippen molar-refractivity contribution < 1.29 is 31.0 Å². The van der Waals surface area contributed by atoms with Gasteiger partial charge in [0.2, 0.25) is 0 Å². The Bertz CT molecular complexity index is 1440. The first-order chi connectivity index (χ1) is 17.1. The van der Waals surface area contributed by atoms with Crippen LogP contribution in [0.3, 0.4) is 0 Å². The van der Waals surface area contributed by atoms with Gasteiger partial charge in [0.15, 0.2) is 17.2 Å². The third kappa shape index (κ3) is 3.71. The maximum Gasteiger partial charge on any atom is 0.422 e. The number of likely N-dealkylation sites (tertiary alicyclic amines) is 1. The van der Waals surface area contributed by atoms with Crippen molar-refractivity contribution in [3.8, 4) is 34.0 Å². The first kappa shape index (κ1) is 22.9. The molecule has 0 atom stereocenters. The average molecular weight is 501 g/mol. The van der Waals surface area contributed by atoms with Gasteiger partial charge in [-0.2, -0.15) is 13.2 Å². The molecule has 0 N–H and O–H groups in total. The van der Waals surface area contributed by atoms with Crippen LogP contribution < -0.4 is 0 Å². The molecular formula is C26H20F5N3O2. The number of hydrogen-bond acceptors (Lipinski definition) is 5. The molecular weight excluding hydrogens is 481 g/mol. The summed E-state index contributed by atoms with van der Waals surface area (Å²) in [5.41, 5.74) is -1.10. The molecule has 186 valence electrons. The molecule has 2 aromatic heterocycles. The van der Waals surface area contributed by atoms with Gasteiger partial charge >= 0.3 is 6.18 Å². The first-order valence-corrected chi connectivity index (χ1v) is 11.5. The number of hydrogen-bond donors (Lipinski definition) is 0. The van der Waals surface area contributed by atoms with Gasteiger partial charge in [0.25, 0.3) is 5.92 Å². The maximum atomic E-state index is 15.4. The lowest BCUT2D eigenvalue weighted by Gasteiger charge is -2.37. The molecule has 1 fully saturated rings. The van der Waals surface area contributed by atoms with Crippen molar-refractivity contribution in [3.63, 3.8) is 0 Å². The molecule has 0 spiro atoms. The summed E-state index contributed by atoms with van der Waals surface area (Å²) in [4.78, 5) is 2.17. The fourth-order valence-electron chi connectivity index (χ4n) is 5.10. The standard InChI is InChI=1S/C26H20F5N3O2/c1-14-11-34(12-14)13-15-7-8-17-19(9-15)25(27,28)10-18-21(17)32-36-24(18)22-20(26(29,30)31)23(35-33-22)16-5-3-2-4-6-16/h2-9,14H,10-13H2,1H3. The van der Waals surface area contributed by atoms with Gasteiger partial charge in [0, 0.05) is 48.3 Å². The van der Waals surface area contributed by atoms with Crippen molar-refractivity contribution in [3.05, 3.63) is 70.8 Å². The molecule has 3 heterocycles. The summed E-state index contributed by atoms with van der Waals surface area (Å²) >= 11 is 0. The summed E-state index contributed by atoms with van der Waals surface area (Å²) in [5, 5.41) is 7.51. The average Bonchev–Trinajstić information content (AvgIpc) is 3.43. The van der Waals surface area contributed by atoms with Crippen molar-refractivity contribution in [2.45, 2.75) is 32.0 Å². The van der Waals surface area contributed by atoms with Crippen molar-refractivity contribution in [2.75, 3.05) is 13.1 Å². The second-order valence-electron chi connectivity index (χ2n) is 9.50. The summed E-state index contributed by atoms with van der Waals surface area (Å²) < 4.78 is 83.5. The van der Waals surface area contributed by atoms with E-state index in [1.165, 1.54) is 24.3 Å². The Hall–Kier alpha value is -3.53. The predicted octanol–water partition coefficient (Wildman–Crippen LogP) is 6.78. The molecule has 2 aliphatic rings. The lowest BCUT2D eigenvalue weighted by atomic mass is 9.84. The SMILES string of the molecule is CC1CN(Cc2ccc3c(c2)C(F)(F)Cc2c-3noc2-c2noc(-c3ccccc3)c2C(F)(F)F)C1. The van der Waals surface area contributed by atoms with Gasteiger partial charge < -0.3 is 9.05 Å². The van der Waals surface area contributed by atoms with E-state index in [1.54, 1.807) is 24.3 Å². The van der Waals surface area contributed by atoms with E-state index in [9.17, 15) is 13.2 Å². The molecule has 6 rings (SSSR count). The number of alkyl halides is 5. The van der Waals surface area contributed by atoms with E-state index in [0.717, 1.165) is 18.7 Å². The summed E-state index contributed by atoms with van der Waals surface area (Å²) in [6, 6.07) is 12.4. The molecule has 10 heteroatoms. The van der Waals surface area contributed by atoms with E-state index in [1.807, 2.05) is 0 Å². The smallest absolute Gasteiger partial charge is 0.355 e. The van der Waals surface area contributed by atoms with Crippen LogP contribution in [0.2, 0.25) is 0 Å². The molecule has 0 bridgehead atoms. The minimum Gasteiger partial charge on any atom is -0.355 e. The lowest BCUT2D eigenvalue weighted by molar-refractivity contribution is -0.136. The zero-order chi connectivity index (χ0) is 25.2. The first-order valence-electron chi connectivity index (χ1n) is 11.5. The van der Waals surface area contributed by atoms with Crippen LogP contribution >= 0.6 is 0 Å².